The number of Topliss-reactive ketones (excluding diaryl/α,β-unsaturated/α-hetero) is 1. The third-order valence-corrected chi connectivity index (χ3v) is 1.38. The van der Waals surface area contributed by atoms with Crippen LogP contribution in [-0.2, 0) is 14.3 Å². The number of ketones is 1. The van der Waals surface area contributed by atoms with Gasteiger partial charge < -0.3 is 4.74 Å². The minimum Gasteiger partial charge on any atom is -0.466 e. The molecule has 0 bridgehead atoms. The minimum absolute atomic E-state index is 0. The molecular weight excluding hydrogens is 240 g/mol. The van der Waals surface area contributed by atoms with E-state index in [1.54, 1.807) is 13.8 Å². The van der Waals surface area contributed by atoms with Gasteiger partial charge in [0.15, 0.2) is 0 Å². The number of hydrogen-bond acceptors (Lipinski definition) is 3. The van der Waals surface area contributed by atoms with Crippen molar-refractivity contribution < 1.29 is 14.3 Å². The smallest absolute Gasteiger partial charge is 0.305 e. The van der Waals surface area contributed by atoms with Gasteiger partial charge in [0, 0.05) is 19.3 Å². The molecule has 0 saturated heterocycles. The van der Waals surface area contributed by atoms with Gasteiger partial charge in [-0.1, -0.05) is 62.3 Å². The second-order valence-corrected chi connectivity index (χ2v) is 3.11. The molecule has 19 heavy (non-hydrogen) atoms. The molecule has 0 amide bonds. The summed E-state index contributed by atoms with van der Waals surface area (Å²) in [7, 11) is 0. The molecule has 0 fully saturated rings. The third-order valence-electron chi connectivity index (χ3n) is 1.38. The van der Waals surface area contributed by atoms with E-state index in [9.17, 15) is 9.59 Å². The zero-order valence-corrected chi connectivity index (χ0v) is 13.8. The fraction of sp³-hybridized carbons (Fsp3) is 0.875. The van der Waals surface area contributed by atoms with Crippen molar-refractivity contribution in [1.82, 2.24) is 0 Å². The Morgan fingerprint density at radius 2 is 1.11 bits per heavy atom. The van der Waals surface area contributed by atoms with Crippen molar-refractivity contribution in [2.24, 2.45) is 0 Å². The zero-order valence-electron chi connectivity index (χ0n) is 13.8. The van der Waals surface area contributed by atoms with Crippen molar-refractivity contribution >= 4 is 11.8 Å². The Kier molecular flexibility index (Phi) is 58.4. The lowest BCUT2D eigenvalue weighted by atomic mass is 10.3. The van der Waals surface area contributed by atoms with Crippen molar-refractivity contribution in [2.45, 2.75) is 88.5 Å². The van der Waals surface area contributed by atoms with E-state index < -0.39 is 0 Å². The number of carbonyl (C=O) groups is 2. The molecule has 0 rings (SSSR count). The van der Waals surface area contributed by atoms with Crippen LogP contribution in [0.4, 0.5) is 0 Å². The van der Waals surface area contributed by atoms with E-state index in [1.165, 1.54) is 6.42 Å². The van der Waals surface area contributed by atoms with E-state index in [4.69, 9.17) is 0 Å². The van der Waals surface area contributed by atoms with E-state index in [2.05, 4.69) is 18.6 Å². The number of esters is 1. The van der Waals surface area contributed by atoms with Crippen molar-refractivity contribution in [1.29, 1.82) is 0 Å². The van der Waals surface area contributed by atoms with Gasteiger partial charge in [0.05, 0.1) is 6.61 Å². The SMILES string of the molecule is C.CC.CCC.CCC(=O)CC.CCOC(=O)CC. The first-order valence-corrected chi connectivity index (χ1v) is 7.20. The first-order chi connectivity index (χ1) is 8.53. The van der Waals surface area contributed by atoms with Crippen LogP contribution in [0.25, 0.3) is 0 Å². The molecule has 0 aromatic rings. The van der Waals surface area contributed by atoms with Crippen LogP contribution in [-0.4, -0.2) is 18.4 Å². The largest absolute Gasteiger partial charge is 0.466 e. The van der Waals surface area contributed by atoms with E-state index in [1.807, 2.05) is 27.7 Å². The van der Waals surface area contributed by atoms with Crippen molar-refractivity contribution in [3.05, 3.63) is 0 Å². The van der Waals surface area contributed by atoms with Gasteiger partial charge in [0.25, 0.3) is 0 Å². The molecule has 0 aliphatic rings. The molecule has 0 radical (unpaired) electrons. The van der Waals surface area contributed by atoms with Crippen LogP contribution in [0.15, 0.2) is 0 Å². The molecule has 0 atom stereocenters. The van der Waals surface area contributed by atoms with E-state index >= 15 is 0 Å². The van der Waals surface area contributed by atoms with Crippen LogP contribution in [0.2, 0.25) is 0 Å². The van der Waals surface area contributed by atoms with Crippen LogP contribution in [0, 0.1) is 0 Å². The highest BCUT2D eigenvalue weighted by atomic mass is 16.5. The minimum atomic E-state index is -0.123. The monoisotopic (exact) mass is 278 g/mol. The lowest BCUT2D eigenvalue weighted by Gasteiger charge is -1.93. The van der Waals surface area contributed by atoms with E-state index in [0.717, 1.165) is 0 Å². The second-order valence-electron chi connectivity index (χ2n) is 3.11. The molecule has 3 heteroatoms. The van der Waals surface area contributed by atoms with Crippen molar-refractivity contribution in [3.8, 4) is 0 Å². The van der Waals surface area contributed by atoms with E-state index in [-0.39, 0.29) is 13.4 Å². The Hall–Kier alpha value is -0.860. The molecule has 0 heterocycles. The maximum atomic E-state index is 10.2. The highest BCUT2D eigenvalue weighted by molar-refractivity contribution is 5.77. The van der Waals surface area contributed by atoms with Gasteiger partial charge in [-0.15, -0.1) is 0 Å². The summed E-state index contributed by atoms with van der Waals surface area (Å²) >= 11 is 0. The van der Waals surface area contributed by atoms with Crippen LogP contribution in [0.3, 0.4) is 0 Å². The Balaban J connectivity index is -0.0000000499. The molecule has 3 nitrogen and oxygen atoms in total. The maximum Gasteiger partial charge on any atom is 0.305 e. The molecular formula is C16H38O3. The van der Waals surface area contributed by atoms with Crippen LogP contribution < -0.4 is 0 Å². The Labute approximate surface area is 122 Å². The van der Waals surface area contributed by atoms with Crippen LogP contribution >= 0.6 is 0 Å². The predicted molar refractivity (Wildman–Crippen MR) is 86.6 cm³/mol. The first-order valence-electron chi connectivity index (χ1n) is 7.20. The fourth-order valence-corrected chi connectivity index (χ4v) is 0.513. The molecule has 0 unspecified atom stereocenters. The average Bonchev–Trinajstić information content (AvgIpc) is 2.42. The summed E-state index contributed by atoms with van der Waals surface area (Å²) < 4.78 is 4.55. The molecule has 120 valence electrons. The molecule has 0 aliphatic carbocycles. The molecule has 0 aromatic carbocycles. The normalized spacial score (nSPS) is 6.95. The quantitative estimate of drug-likeness (QED) is 0.645. The molecule has 0 N–H and O–H groups in total. The summed E-state index contributed by atoms with van der Waals surface area (Å²) in [5.74, 6) is 0.220. The molecule has 0 aromatic heterocycles. The first kappa shape index (κ1) is 30.9. The summed E-state index contributed by atoms with van der Waals surface area (Å²) in [5.41, 5.74) is 0. The van der Waals surface area contributed by atoms with Crippen molar-refractivity contribution in [2.75, 3.05) is 6.61 Å². The van der Waals surface area contributed by atoms with E-state index in [0.29, 0.717) is 31.7 Å². The van der Waals surface area contributed by atoms with Gasteiger partial charge in [-0.05, 0) is 6.92 Å². The lowest BCUT2D eigenvalue weighted by Crippen LogP contribution is -2.00. The number of hydrogen-bond donors (Lipinski definition) is 0. The standard InChI is InChI=1S/C5H10O2.C5H10O.C3H8.C2H6.CH4/c1-3-5(6)7-4-2;1-3-5(6)4-2;1-3-2;1-2;/h3-4H2,1-2H3;3-4H2,1-2H3;3H2,1-2H3;1-2H3;1H4. The van der Waals surface area contributed by atoms with Gasteiger partial charge in [-0.3, -0.25) is 9.59 Å². The average molecular weight is 278 g/mol. The molecule has 0 aliphatic heterocycles. The molecule has 0 spiro atoms. The second kappa shape index (κ2) is 36.0. The fourth-order valence-electron chi connectivity index (χ4n) is 0.513. The van der Waals surface area contributed by atoms with Crippen molar-refractivity contribution in [3.63, 3.8) is 0 Å². The highest BCUT2D eigenvalue weighted by Gasteiger charge is 1.91. The number of ether oxygens (including phenoxy) is 1. The Morgan fingerprint density at radius 3 is 1.16 bits per heavy atom. The Bertz CT molecular complexity index is 148. The van der Waals surface area contributed by atoms with Gasteiger partial charge in [-0.25, -0.2) is 0 Å². The third kappa shape index (κ3) is 59.3. The highest BCUT2D eigenvalue weighted by Crippen LogP contribution is 1.83. The topological polar surface area (TPSA) is 43.4 Å². The lowest BCUT2D eigenvalue weighted by molar-refractivity contribution is -0.142. The van der Waals surface area contributed by atoms with Gasteiger partial charge in [0.1, 0.15) is 5.78 Å². The van der Waals surface area contributed by atoms with Crippen LogP contribution in [0.1, 0.15) is 88.5 Å². The summed E-state index contributed by atoms with van der Waals surface area (Å²) in [6.07, 6.45) is 3.11. The molecule has 0 saturated carbocycles. The summed E-state index contributed by atoms with van der Waals surface area (Å²) in [6.45, 7) is 16.1. The number of carbonyl (C=O) groups excluding carboxylic acids is 2. The Morgan fingerprint density at radius 1 is 0.789 bits per heavy atom. The van der Waals surface area contributed by atoms with Crippen LogP contribution in [0.5, 0.6) is 0 Å². The van der Waals surface area contributed by atoms with Gasteiger partial charge in [-0.2, -0.15) is 0 Å². The van der Waals surface area contributed by atoms with Gasteiger partial charge in [0.2, 0.25) is 0 Å². The summed E-state index contributed by atoms with van der Waals surface area (Å²) in [4.78, 5) is 20.4. The zero-order chi connectivity index (χ0) is 15.4. The maximum absolute atomic E-state index is 10.2. The predicted octanol–water partition coefficient (Wildman–Crippen LogP) is 5.41. The van der Waals surface area contributed by atoms with Gasteiger partial charge >= 0.3 is 5.97 Å². The summed E-state index contributed by atoms with van der Waals surface area (Å²) in [5, 5.41) is 0. The number of rotatable bonds is 4. The summed E-state index contributed by atoms with van der Waals surface area (Å²) in [6, 6.07) is 0.